The largest absolute Gasteiger partial charge is 0.342 e. The minimum Gasteiger partial charge on any atom is -0.342 e. The minimum absolute atomic E-state index is 0.394. The quantitative estimate of drug-likeness (QED) is 0.599. The molecule has 1 aromatic heterocycles. The van der Waals surface area contributed by atoms with E-state index in [1.807, 2.05) is 36.4 Å². The average molecular weight is 395 g/mol. The summed E-state index contributed by atoms with van der Waals surface area (Å²) in [6.07, 6.45) is 2.28. The number of nitrogens with one attached hydrogen (secondary N) is 1. The van der Waals surface area contributed by atoms with Crippen molar-refractivity contribution in [1.82, 2.24) is 14.9 Å². The monoisotopic (exact) mass is 393 g/mol. The first-order valence-corrected chi connectivity index (χ1v) is 9.53. The Bertz CT molecular complexity index is 906. The number of aromatic amines is 1. The number of piperidine rings is 1. The number of hydrogen-bond donors (Lipinski definition) is 1. The van der Waals surface area contributed by atoms with Gasteiger partial charge in [-0.05, 0) is 55.3 Å². The van der Waals surface area contributed by atoms with E-state index in [4.69, 9.17) is 39.8 Å². The molecule has 3 aromatic rings. The summed E-state index contributed by atoms with van der Waals surface area (Å²) in [6.45, 7) is 2.87. The summed E-state index contributed by atoms with van der Waals surface area (Å²) in [5.74, 6) is 1.44. The Labute approximate surface area is 161 Å². The van der Waals surface area contributed by atoms with Gasteiger partial charge < -0.3 is 4.98 Å². The van der Waals surface area contributed by atoms with Crippen LogP contribution in [0.2, 0.25) is 15.1 Å². The summed E-state index contributed by atoms with van der Waals surface area (Å²) in [5, 5.41) is 2.13. The van der Waals surface area contributed by atoms with Crippen LogP contribution in [0.4, 0.5) is 0 Å². The number of benzene rings is 2. The van der Waals surface area contributed by atoms with Crippen molar-refractivity contribution >= 4 is 45.8 Å². The van der Waals surface area contributed by atoms with Crippen LogP contribution in [0.15, 0.2) is 36.4 Å². The van der Waals surface area contributed by atoms with E-state index >= 15 is 0 Å². The Morgan fingerprint density at radius 3 is 2.72 bits per heavy atom. The Kier molecular flexibility index (Phi) is 4.92. The third-order valence-electron chi connectivity index (χ3n) is 4.76. The summed E-state index contributed by atoms with van der Waals surface area (Å²) < 4.78 is 0. The second-order valence-corrected chi connectivity index (χ2v) is 7.87. The van der Waals surface area contributed by atoms with Gasteiger partial charge in [0, 0.05) is 34.1 Å². The van der Waals surface area contributed by atoms with Crippen molar-refractivity contribution in [2.24, 2.45) is 0 Å². The van der Waals surface area contributed by atoms with E-state index in [0.717, 1.165) is 64.9 Å². The highest BCUT2D eigenvalue weighted by Crippen LogP contribution is 2.30. The number of nitrogens with zero attached hydrogens (tertiary/aromatic N) is 2. The predicted octanol–water partition coefficient (Wildman–Crippen LogP) is 5.90. The van der Waals surface area contributed by atoms with Crippen LogP contribution in [0, 0.1) is 0 Å². The smallest absolute Gasteiger partial charge is 0.111 e. The topological polar surface area (TPSA) is 31.9 Å². The van der Waals surface area contributed by atoms with Gasteiger partial charge in [-0.2, -0.15) is 0 Å². The van der Waals surface area contributed by atoms with Crippen LogP contribution in [0.1, 0.15) is 30.1 Å². The summed E-state index contributed by atoms with van der Waals surface area (Å²) >= 11 is 18.4. The molecule has 0 spiro atoms. The van der Waals surface area contributed by atoms with Gasteiger partial charge in [0.05, 0.1) is 11.0 Å². The van der Waals surface area contributed by atoms with E-state index in [0.29, 0.717) is 10.9 Å². The molecule has 0 unspecified atom stereocenters. The molecular weight excluding hydrogens is 377 g/mol. The second-order valence-electron chi connectivity index (χ2n) is 6.59. The standard InChI is InChI=1S/C19H18Cl3N3/c20-14-4-3-12(16(22)8-14)10-25-7-1-2-13(11-25)19-23-17-6-5-15(21)9-18(17)24-19/h3-6,8-9,13H,1-2,7,10-11H2,(H,23,24)/t13-/m0/s1. The molecule has 1 aliphatic heterocycles. The second kappa shape index (κ2) is 7.16. The third kappa shape index (κ3) is 3.80. The lowest BCUT2D eigenvalue weighted by atomic mass is 9.97. The summed E-state index contributed by atoms with van der Waals surface area (Å²) in [7, 11) is 0. The van der Waals surface area contributed by atoms with Crippen molar-refractivity contribution in [2.75, 3.05) is 13.1 Å². The lowest BCUT2D eigenvalue weighted by Crippen LogP contribution is -2.34. The zero-order chi connectivity index (χ0) is 17.4. The normalized spacial score (nSPS) is 18.8. The molecule has 1 aliphatic rings. The number of H-pyrrole nitrogens is 1. The van der Waals surface area contributed by atoms with Crippen LogP contribution in [-0.4, -0.2) is 28.0 Å². The fourth-order valence-corrected chi connectivity index (χ4v) is 4.15. The van der Waals surface area contributed by atoms with Crippen LogP contribution in [-0.2, 0) is 6.54 Å². The highest BCUT2D eigenvalue weighted by atomic mass is 35.5. The molecule has 0 aliphatic carbocycles. The Morgan fingerprint density at radius 1 is 1.08 bits per heavy atom. The first-order valence-electron chi connectivity index (χ1n) is 8.40. The van der Waals surface area contributed by atoms with Crippen LogP contribution in [0.25, 0.3) is 11.0 Å². The van der Waals surface area contributed by atoms with Crippen molar-refractivity contribution in [1.29, 1.82) is 0 Å². The fourth-order valence-electron chi connectivity index (χ4n) is 3.51. The van der Waals surface area contributed by atoms with Gasteiger partial charge in [0.2, 0.25) is 0 Å². The molecule has 0 radical (unpaired) electrons. The van der Waals surface area contributed by atoms with Crippen LogP contribution in [0.3, 0.4) is 0 Å². The number of likely N-dealkylation sites (tertiary alicyclic amines) is 1. The molecule has 2 aromatic carbocycles. The zero-order valence-electron chi connectivity index (χ0n) is 13.6. The third-order valence-corrected chi connectivity index (χ3v) is 5.59. The van der Waals surface area contributed by atoms with Crippen molar-refractivity contribution < 1.29 is 0 Å². The van der Waals surface area contributed by atoms with Crippen LogP contribution >= 0.6 is 34.8 Å². The van der Waals surface area contributed by atoms with Gasteiger partial charge in [-0.15, -0.1) is 0 Å². The van der Waals surface area contributed by atoms with Gasteiger partial charge in [-0.3, -0.25) is 4.90 Å². The van der Waals surface area contributed by atoms with Gasteiger partial charge in [-0.25, -0.2) is 4.98 Å². The maximum atomic E-state index is 6.33. The van der Waals surface area contributed by atoms with Gasteiger partial charge in [0.15, 0.2) is 0 Å². The Morgan fingerprint density at radius 2 is 1.88 bits per heavy atom. The molecule has 0 amide bonds. The number of halogens is 3. The first kappa shape index (κ1) is 17.2. The lowest BCUT2D eigenvalue weighted by molar-refractivity contribution is 0.197. The Hall–Kier alpha value is -1.26. The van der Waals surface area contributed by atoms with Crippen LogP contribution < -0.4 is 0 Å². The molecule has 2 heterocycles. The molecule has 4 rings (SSSR count). The summed E-state index contributed by atoms with van der Waals surface area (Å²) in [4.78, 5) is 10.6. The summed E-state index contributed by atoms with van der Waals surface area (Å²) in [5.41, 5.74) is 3.08. The number of aromatic nitrogens is 2. The van der Waals surface area contributed by atoms with E-state index < -0.39 is 0 Å². The first-order chi connectivity index (χ1) is 12.1. The molecule has 0 saturated carbocycles. The highest BCUT2D eigenvalue weighted by Gasteiger charge is 2.24. The molecule has 130 valence electrons. The van der Waals surface area contributed by atoms with Gasteiger partial charge in [0.1, 0.15) is 5.82 Å². The van der Waals surface area contributed by atoms with Crippen molar-refractivity contribution in [2.45, 2.75) is 25.3 Å². The Balaban J connectivity index is 1.51. The highest BCUT2D eigenvalue weighted by molar-refractivity contribution is 6.35. The molecule has 6 heteroatoms. The van der Waals surface area contributed by atoms with Crippen molar-refractivity contribution in [3.63, 3.8) is 0 Å². The molecular formula is C19H18Cl3N3. The SMILES string of the molecule is Clc1ccc(CN2CCC[C@H](c3nc4ccc(Cl)cc4[nH]3)C2)c(Cl)c1. The van der Waals surface area contributed by atoms with E-state index in [9.17, 15) is 0 Å². The van der Waals surface area contributed by atoms with E-state index in [-0.39, 0.29) is 0 Å². The van der Waals surface area contributed by atoms with E-state index in [2.05, 4.69) is 9.88 Å². The molecule has 25 heavy (non-hydrogen) atoms. The number of imidazole rings is 1. The van der Waals surface area contributed by atoms with Gasteiger partial charge >= 0.3 is 0 Å². The van der Waals surface area contributed by atoms with Crippen LogP contribution in [0.5, 0.6) is 0 Å². The van der Waals surface area contributed by atoms with Gasteiger partial charge in [0.25, 0.3) is 0 Å². The maximum absolute atomic E-state index is 6.33. The number of rotatable bonds is 3. The molecule has 1 saturated heterocycles. The molecule has 1 N–H and O–H groups in total. The van der Waals surface area contributed by atoms with E-state index in [1.54, 1.807) is 0 Å². The molecule has 1 atom stereocenters. The summed E-state index contributed by atoms with van der Waals surface area (Å²) in [6, 6.07) is 11.5. The maximum Gasteiger partial charge on any atom is 0.111 e. The van der Waals surface area contributed by atoms with E-state index in [1.165, 1.54) is 0 Å². The fraction of sp³-hybridized carbons (Fsp3) is 0.316. The van der Waals surface area contributed by atoms with Crippen molar-refractivity contribution in [3.8, 4) is 0 Å². The van der Waals surface area contributed by atoms with Gasteiger partial charge in [-0.1, -0.05) is 40.9 Å². The van der Waals surface area contributed by atoms with Crippen molar-refractivity contribution in [3.05, 3.63) is 62.9 Å². The molecule has 0 bridgehead atoms. The molecule has 3 nitrogen and oxygen atoms in total. The average Bonchev–Trinajstić information content (AvgIpc) is 3.01. The predicted molar refractivity (Wildman–Crippen MR) is 105 cm³/mol. The lowest BCUT2D eigenvalue weighted by Gasteiger charge is -2.32. The zero-order valence-corrected chi connectivity index (χ0v) is 15.9. The minimum atomic E-state index is 0.394. The molecule has 1 fully saturated rings. The number of fused-ring (bicyclic) bond motifs is 1. The number of hydrogen-bond acceptors (Lipinski definition) is 2.